The monoisotopic (exact) mass is 449 g/mol. The topological polar surface area (TPSA) is 85.8 Å². The number of carbonyl (C=O) groups is 1. The fourth-order valence-electron chi connectivity index (χ4n) is 3.47. The van der Waals surface area contributed by atoms with Crippen molar-refractivity contribution in [1.82, 2.24) is 19.9 Å². The number of benzene rings is 2. The van der Waals surface area contributed by atoms with Crippen molar-refractivity contribution in [3.05, 3.63) is 77.8 Å². The van der Waals surface area contributed by atoms with Gasteiger partial charge in [-0.25, -0.2) is 4.39 Å². The van der Waals surface area contributed by atoms with Crippen LogP contribution in [0.25, 0.3) is 11.4 Å². The molecule has 9 heteroatoms. The van der Waals surface area contributed by atoms with E-state index in [0.717, 1.165) is 18.4 Å². The van der Waals surface area contributed by atoms with E-state index in [9.17, 15) is 9.18 Å². The first-order valence-corrected chi connectivity index (χ1v) is 11.1. The summed E-state index contributed by atoms with van der Waals surface area (Å²) in [5.74, 6) is 0.828. The van der Waals surface area contributed by atoms with E-state index in [1.54, 1.807) is 31.2 Å². The molecule has 0 aliphatic heterocycles. The molecule has 1 atom stereocenters. The second-order valence-corrected chi connectivity index (χ2v) is 8.68. The average Bonchev–Trinajstić information content (AvgIpc) is 3.43. The number of aromatic nitrogens is 4. The van der Waals surface area contributed by atoms with Gasteiger partial charge in [-0.2, -0.15) is 0 Å². The molecule has 2 heterocycles. The minimum Gasteiger partial charge on any atom is -0.360 e. The van der Waals surface area contributed by atoms with Gasteiger partial charge >= 0.3 is 0 Å². The Kier molecular flexibility index (Phi) is 5.48. The zero-order valence-corrected chi connectivity index (χ0v) is 18.1. The standard InChI is InChI=1S/C23H20FN5O2S/c1-14-13-19(28-31-14)25-22(30)20(15-7-3-2-4-8-15)32-23-27-26-21(29(23)16-11-12-16)17-9-5-6-10-18(17)24/h2-10,13,16,20H,11-12H2,1H3,(H,25,28,30). The van der Waals surface area contributed by atoms with Gasteiger partial charge in [-0.05, 0) is 37.5 Å². The lowest BCUT2D eigenvalue weighted by atomic mass is 10.1. The summed E-state index contributed by atoms with van der Waals surface area (Å²) in [7, 11) is 0. The van der Waals surface area contributed by atoms with Crippen LogP contribution < -0.4 is 5.32 Å². The van der Waals surface area contributed by atoms with E-state index < -0.39 is 5.25 Å². The molecule has 0 spiro atoms. The van der Waals surface area contributed by atoms with Gasteiger partial charge in [0.15, 0.2) is 16.8 Å². The number of amides is 1. The van der Waals surface area contributed by atoms with Crippen molar-refractivity contribution >= 4 is 23.5 Å². The van der Waals surface area contributed by atoms with Crippen LogP contribution >= 0.6 is 11.8 Å². The van der Waals surface area contributed by atoms with Crippen LogP contribution in [0.4, 0.5) is 10.2 Å². The van der Waals surface area contributed by atoms with E-state index in [2.05, 4.69) is 20.7 Å². The number of nitrogens with one attached hydrogen (secondary N) is 1. The molecule has 162 valence electrons. The third-order valence-electron chi connectivity index (χ3n) is 5.13. The fraction of sp³-hybridized carbons (Fsp3) is 0.217. The maximum Gasteiger partial charge on any atom is 0.243 e. The van der Waals surface area contributed by atoms with Gasteiger partial charge in [-0.15, -0.1) is 10.2 Å². The molecule has 1 aliphatic rings. The molecule has 2 aromatic heterocycles. The molecule has 1 N–H and O–H groups in total. The lowest BCUT2D eigenvalue weighted by Crippen LogP contribution is -2.19. The minimum atomic E-state index is -0.608. The van der Waals surface area contributed by atoms with Crippen LogP contribution in [0.5, 0.6) is 0 Å². The second kappa shape index (κ2) is 8.58. The highest BCUT2D eigenvalue weighted by atomic mass is 32.2. The molecule has 1 amide bonds. The zero-order valence-electron chi connectivity index (χ0n) is 17.2. The maximum absolute atomic E-state index is 14.5. The van der Waals surface area contributed by atoms with E-state index in [1.165, 1.54) is 17.8 Å². The molecule has 0 saturated heterocycles. The summed E-state index contributed by atoms with van der Waals surface area (Å²) in [5.41, 5.74) is 1.21. The summed E-state index contributed by atoms with van der Waals surface area (Å²) in [5, 5.41) is 15.3. The molecule has 1 aliphatic carbocycles. The molecule has 1 unspecified atom stereocenters. The van der Waals surface area contributed by atoms with Crippen molar-refractivity contribution in [2.45, 2.75) is 36.2 Å². The smallest absolute Gasteiger partial charge is 0.243 e. The third kappa shape index (κ3) is 4.16. The summed E-state index contributed by atoms with van der Waals surface area (Å²) in [4.78, 5) is 13.2. The van der Waals surface area contributed by atoms with Gasteiger partial charge in [0.05, 0.1) is 5.56 Å². The van der Waals surface area contributed by atoms with Gasteiger partial charge < -0.3 is 9.84 Å². The Morgan fingerprint density at radius 2 is 1.91 bits per heavy atom. The first kappa shape index (κ1) is 20.4. The predicted octanol–water partition coefficient (Wildman–Crippen LogP) is 5.19. The van der Waals surface area contributed by atoms with Gasteiger partial charge in [0, 0.05) is 12.1 Å². The highest BCUT2D eigenvalue weighted by Crippen LogP contribution is 2.44. The van der Waals surface area contributed by atoms with E-state index in [-0.39, 0.29) is 17.8 Å². The number of rotatable bonds is 7. The Morgan fingerprint density at radius 1 is 1.16 bits per heavy atom. The molecule has 32 heavy (non-hydrogen) atoms. The van der Waals surface area contributed by atoms with Crippen molar-refractivity contribution in [1.29, 1.82) is 0 Å². The van der Waals surface area contributed by atoms with Gasteiger partial charge in [0.25, 0.3) is 0 Å². The largest absolute Gasteiger partial charge is 0.360 e. The van der Waals surface area contributed by atoms with Crippen LogP contribution in [0.1, 0.15) is 35.5 Å². The number of aryl methyl sites for hydroxylation is 1. The Morgan fingerprint density at radius 3 is 2.59 bits per heavy atom. The lowest BCUT2D eigenvalue weighted by Gasteiger charge is -2.17. The summed E-state index contributed by atoms with van der Waals surface area (Å²) < 4.78 is 21.5. The van der Waals surface area contributed by atoms with Crippen molar-refractivity contribution in [2.75, 3.05) is 5.32 Å². The SMILES string of the molecule is Cc1cc(NC(=O)C(Sc2nnc(-c3ccccc3F)n2C2CC2)c2ccccc2)no1. The molecule has 0 bridgehead atoms. The summed E-state index contributed by atoms with van der Waals surface area (Å²) in [6, 6.07) is 17.8. The van der Waals surface area contributed by atoms with Crippen LogP contribution in [0.15, 0.2) is 70.3 Å². The summed E-state index contributed by atoms with van der Waals surface area (Å²) >= 11 is 1.29. The van der Waals surface area contributed by atoms with Crippen LogP contribution in [0.2, 0.25) is 0 Å². The van der Waals surface area contributed by atoms with Crippen LogP contribution in [-0.2, 0) is 4.79 Å². The fourth-order valence-corrected chi connectivity index (χ4v) is 4.58. The number of nitrogens with zero attached hydrogens (tertiary/aromatic N) is 4. The first-order chi connectivity index (χ1) is 15.6. The van der Waals surface area contributed by atoms with E-state index >= 15 is 0 Å². The van der Waals surface area contributed by atoms with Crippen molar-refractivity contribution in [3.8, 4) is 11.4 Å². The highest BCUT2D eigenvalue weighted by Gasteiger charge is 2.33. The third-order valence-corrected chi connectivity index (χ3v) is 6.35. The Bertz CT molecular complexity index is 1250. The van der Waals surface area contributed by atoms with Gasteiger partial charge in [-0.1, -0.05) is 59.4 Å². The quantitative estimate of drug-likeness (QED) is 0.391. The number of halogens is 1. The van der Waals surface area contributed by atoms with Gasteiger partial charge in [0.2, 0.25) is 5.91 Å². The average molecular weight is 450 g/mol. The Hall–Kier alpha value is -3.46. The molecule has 4 aromatic rings. The normalized spacial score (nSPS) is 14.3. The zero-order chi connectivity index (χ0) is 22.1. The van der Waals surface area contributed by atoms with Crippen molar-refractivity contribution in [2.24, 2.45) is 0 Å². The predicted molar refractivity (Wildman–Crippen MR) is 119 cm³/mol. The van der Waals surface area contributed by atoms with E-state index in [4.69, 9.17) is 4.52 Å². The van der Waals surface area contributed by atoms with Crippen LogP contribution in [-0.4, -0.2) is 25.8 Å². The molecule has 0 radical (unpaired) electrons. The first-order valence-electron chi connectivity index (χ1n) is 10.3. The number of hydrogen-bond donors (Lipinski definition) is 1. The second-order valence-electron chi connectivity index (χ2n) is 7.61. The molecule has 2 aromatic carbocycles. The number of hydrogen-bond acceptors (Lipinski definition) is 6. The number of anilines is 1. The highest BCUT2D eigenvalue weighted by molar-refractivity contribution is 8.00. The van der Waals surface area contributed by atoms with Crippen molar-refractivity contribution in [3.63, 3.8) is 0 Å². The van der Waals surface area contributed by atoms with Crippen LogP contribution in [0, 0.1) is 12.7 Å². The van der Waals surface area contributed by atoms with E-state index in [0.29, 0.717) is 28.1 Å². The molecular formula is C23H20FN5O2S. The molecular weight excluding hydrogens is 429 g/mol. The van der Waals surface area contributed by atoms with Gasteiger partial charge in [0.1, 0.15) is 16.8 Å². The minimum absolute atomic E-state index is 0.194. The maximum atomic E-state index is 14.5. The van der Waals surface area contributed by atoms with E-state index in [1.807, 2.05) is 34.9 Å². The number of thioether (sulfide) groups is 1. The van der Waals surface area contributed by atoms with Crippen molar-refractivity contribution < 1.29 is 13.7 Å². The molecule has 5 rings (SSSR count). The Labute approximate surface area is 188 Å². The Balaban J connectivity index is 1.50. The molecule has 1 fully saturated rings. The molecule has 1 saturated carbocycles. The van der Waals surface area contributed by atoms with Crippen LogP contribution in [0.3, 0.4) is 0 Å². The lowest BCUT2D eigenvalue weighted by molar-refractivity contribution is -0.115. The summed E-state index contributed by atoms with van der Waals surface area (Å²) in [6.45, 7) is 1.76. The van der Waals surface area contributed by atoms with Gasteiger partial charge in [-0.3, -0.25) is 9.36 Å². The molecule has 7 nitrogen and oxygen atoms in total. The summed E-state index contributed by atoms with van der Waals surface area (Å²) in [6.07, 6.45) is 1.93. The number of carbonyl (C=O) groups excluding carboxylic acids is 1.